The zero-order valence-corrected chi connectivity index (χ0v) is 13.0. The second-order valence-electron chi connectivity index (χ2n) is 4.87. The van der Waals surface area contributed by atoms with Gasteiger partial charge in [-0.1, -0.05) is 11.6 Å². The van der Waals surface area contributed by atoms with Crippen LogP contribution in [0.25, 0.3) is 5.65 Å². The quantitative estimate of drug-likeness (QED) is 0.736. The van der Waals surface area contributed by atoms with Gasteiger partial charge in [0.25, 0.3) is 5.91 Å². The Hall–Kier alpha value is -2.41. The molecule has 3 rings (SSSR count). The number of amides is 1. The first-order valence-corrected chi connectivity index (χ1v) is 7.24. The van der Waals surface area contributed by atoms with Crippen LogP contribution in [0.4, 0.5) is 0 Å². The van der Waals surface area contributed by atoms with Crippen molar-refractivity contribution in [2.75, 3.05) is 7.05 Å². The van der Waals surface area contributed by atoms with E-state index < -0.39 is 0 Å². The lowest BCUT2D eigenvalue weighted by Gasteiger charge is -2.16. The molecule has 114 valence electrons. The van der Waals surface area contributed by atoms with Gasteiger partial charge in [0.15, 0.2) is 11.3 Å². The van der Waals surface area contributed by atoms with Gasteiger partial charge >= 0.3 is 0 Å². The van der Waals surface area contributed by atoms with Crippen molar-refractivity contribution >= 4 is 23.2 Å². The van der Waals surface area contributed by atoms with Gasteiger partial charge < -0.3 is 4.90 Å². The summed E-state index contributed by atoms with van der Waals surface area (Å²) in [6.45, 7) is 3.04. The van der Waals surface area contributed by atoms with Gasteiger partial charge in [0, 0.05) is 32.1 Å². The van der Waals surface area contributed by atoms with E-state index in [-0.39, 0.29) is 5.91 Å². The fourth-order valence-electron chi connectivity index (χ4n) is 2.24. The number of fused-ring (bicyclic) bond motifs is 1. The highest BCUT2D eigenvalue weighted by Crippen LogP contribution is 2.17. The van der Waals surface area contributed by atoms with Gasteiger partial charge in [-0.3, -0.25) is 9.48 Å². The highest BCUT2D eigenvalue weighted by Gasteiger charge is 2.19. The van der Waals surface area contributed by atoms with Gasteiger partial charge in [0.1, 0.15) is 0 Å². The lowest BCUT2D eigenvalue weighted by atomic mass is 10.3. The molecule has 0 aliphatic rings. The number of carbonyl (C=O) groups excluding carboxylic acids is 1. The summed E-state index contributed by atoms with van der Waals surface area (Å²) in [6, 6.07) is 3.43. The Morgan fingerprint density at radius 2 is 2.27 bits per heavy atom. The van der Waals surface area contributed by atoms with Crippen LogP contribution in [0.5, 0.6) is 0 Å². The topological polar surface area (TPSA) is 68.3 Å². The summed E-state index contributed by atoms with van der Waals surface area (Å²) < 4.78 is 3.35. The molecule has 0 aromatic carbocycles. The molecule has 7 nitrogen and oxygen atoms in total. The van der Waals surface area contributed by atoms with Crippen molar-refractivity contribution in [1.29, 1.82) is 0 Å². The summed E-state index contributed by atoms with van der Waals surface area (Å²) in [4.78, 5) is 18.2. The van der Waals surface area contributed by atoms with E-state index >= 15 is 0 Å². The van der Waals surface area contributed by atoms with Crippen LogP contribution in [-0.4, -0.2) is 42.2 Å². The van der Waals surface area contributed by atoms with Crippen LogP contribution >= 0.6 is 11.6 Å². The van der Waals surface area contributed by atoms with E-state index in [0.29, 0.717) is 29.5 Å². The van der Waals surface area contributed by atoms with Crippen LogP contribution in [0.2, 0.25) is 5.02 Å². The monoisotopic (exact) mass is 318 g/mol. The van der Waals surface area contributed by atoms with Crippen molar-refractivity contribution in [2.45, 2.75) is 20.0 Å². The maximum atomic E-state index is 12.5. The minimum Gasteiger partial charge on any atom is -0.334 e. The number of halogens is 1. The summed E-state index contributed by atoms with van der Waals surface area (Å²) in [7, 11) is 1.71. The molecule has 0 aliphatic heterocycles. The summed E-state index contributed by atoms with van der Waals surface area (Å²) in [6.07, 6.45) is 5.00. The standard InChI is InChI=1S/C14H15ClN6O/c1-3-20-12(10(15)8-17-20)9-19(2)14(22)11-7-13-16-5-4-6-21(13)18-11/h4-8H,3,9H2,1-2H3. The van der Waals surface area contributed by atoms with Gasteiger partial charge in [0.05, 0.1) is 23.5 Å². The van der Waals surface area contributed by atoms with Gasteiger partial charge in [-0.05, 0) is 13.0 Å². The Balaban J connectivity index is 1.83. The zero-order valence-electron chi connectivity index (χ0n) is 12.3. The maximum absolute atomic E-state index is 12.5. The van der Waals surface area contributed by atoms with Crippen molar-refractivity contribution in [3.05, 3.63) is 47.1 Å². The highest BCUT2D eigenvalue weighted by molar-refractivity contribution is 6.31. The lowest BCUT2D eigenvalue weighted by molar-refractivity contribution is 0.0775. The number of carbonyl (C=O) groups is 1. The van der Waals surface area contributed by atoms with Crippen molar-refractivity contribution in [3.8, 4) is 0 Å². The van der Waals surface area contributed by atoms with E-state index in [1.807, 2.05) is 6.92 Å². The minimum absolute atomic E-state index is 0.189. The smallest absolute Gasteiger partial charge is 0.274 e. The molecule has 0 N–H and O–H groups in total. The van der Waals surface area contributed by atoms with Crippen molar-refractivity contribution in [1.82, 2.24) is 29.3 Å². The fourth-order valence-corrected chi connectivity index (χ4v) is 2.45. The van der Waals surface area contributed by atoms with Crippen molar-refractivity contribution in [2.24, 2.45) is 0 Å². The molecular weight excluding hydrogens is 304 g/mol. The second-order valence-corrected chi connectivity index (χ2v) is 5.28. The van der Waals surface area contributed by atoms with Gasteiger partial charge in [0.2, 0.25) is 0 Å². The van der Waals surface area contributed by atoms with Gasteiger partial charge in [-0.15, -0.1) is 0 Å². The van der Waals surface area contributed by atoms with Crippen LogP contribution in [0, 0.1) is 0 Å². The first-order chi connectivity index (χ1) is 10.6. The minimum atomic E-state index is -0.189. The molecule has 0 unspecified atom stereocenters. The number of rotatable bonds is 4. The van der Waals surface area contributed by atoms with Gasteiger partial charge in [-0.2, -0.15) is 10.2 Å². The number of aryl methyl sites for hydroxylation is 1. The average molecular weight is 319 g/mol. The van der Waals surface area contributed by atoms with Crippen LogP contribution in [-0.2, 0) is 13.1 Å². The summed E-state index contributed by atoms with van der Waals surface area (Å²) in [5, 5.41) is 8.96. The Morgan fingerprint density at radius 1 is 1.45 bits per heavy atom. The molecule has 8 heteroatoms. The van der Waals surface area contributed by atoms with E-state index in [1.165, 1.54) is 0 Å². The molecule has 0 fully saturated rings. The molecule has 0 aliphatic carbocycles. The third-order valence-corrected chi connectivity index (χ3v) is 3.70. The van der Waals surface area contributed by atoms with Crippen LogP contribution in [0.1, 0.15) is 23.1 Å². The third kappa shape index (κ3) is 2.55. The van der Waals surface area contributed by atoms with Crippen molar-refractivity contribution in [3.63, 3.8) is 0 Å². The molecule has 0 atom stereocenters. The molecule has 0 bridgehead atoms. The van der Waals surface area contributed by atoms with Gasteiger partial charge in [-0.25, -0.2) is 9.50 Å². The van der Waals surface area contributed by atoms with Crippen molar-refractivity contribution < 1.29 is 4.79 Å². The zero-order chi connectivity index (χ0) is 15.7. The molecule has 22 heavy (non-hydrogen) atoms. The number of nitrogens with zero attached hydrogens (tertiary/aromatic N) is 6. The largest absolute Gasteiger partial charge is 0.334 e. The molecule has 0 spiro atoms. The van der Waals surface area contributed by atoms with Crippen LogP contribution in [0.15, 0.2) is 30.7 Å². The third-order valence-electron chi connectivity index (χ3n) is 3.39. The average Bonchev–Trinajstić information content (AvgIpc) is 3.10. The molecule has 1 amide bonds. The fraction of sp³-hybridized carbons (Fsp3) is 0.286. The van der Waals surface area contributed by atoms with E-state index in [4.69, 9.17) is 11.6 Å². The predicted molar refractivity (Wildman–Crippen MR) is 81.7 cm³/mol. The lowest BCUT2D eigenvalue weighted by Crippen LogP contribution is -2.28. The van der Waals surface area contributed by atoms with E-state index in [0.717, 1.165) is 5.69 Å². The van der Waals surface area contributed by atoms with Crippen LogP contribution < -0.4 is 0 Å². The Labute approximate surface area is 132 Å². The number of hydrogen-bond acceptors (Lipinski definition) is 4. The molecule has 3 heterocycles. The summed E-state index contributed by atoms with van der Waals surface area (Å²) in [5.74, 6) is -0.189. The first kappa shape index (κ1) is 14.5. The highest BCUT2D eigenvalue weighted by atomic mass is 35.5. The molecule has 0 saturated carbocycles. The summed E-state index contributed by atoms with van der Waals surface area (Å²) >= 11 is 6.13. The van der Waals surface area contributed by atoms with E-state index in [2.05, 4.69) is 15.2 Å². The predicted octanol–water partition coefficient (Wildman–Crippen LogP) is 1.87. The maximum Gasteiger partial charge on any atom is 0.274 e. The number of aromatic nitrogens is 5. The molecular formula is C14H15ClN6O. The Morgan fingerprint density at radius 3 is 3.00 bits per heavy atom. The van der Waals surface area contributed by atoms with Crippen LogP contribution in [0.3, 0.4) is 0 Å². The normalized spacial score (nSPS) is 11.0. The number of hydrogen-bond donors (Lipinski definition) is 0. The Bertz CT molecular complexity index is 791. The molecule has 0 radical (unpaired) electrons. The molecule has 3 aromatic heterocycles. The van der Waals surface area contributed by atoms with E-state index in [9.17, 15) is 4.79 Å². The molecule has 0 saturated heterocycles. The SMILES string of the molecule is CCn1ncc(Cl)c1CN(C)C(=O)c1cc2ncccn2n1. The second kappa shape index (κ2) is 5.76. The summed E-state index contributed by atoms with van der Waals surface area (Å²) in [5.41, 5.74) is 1.79. The first-order valence-electron chi connectivity index (χ1n) is 6.86. The Kier molecular flexibility index (Phi) is 3.81. The van der Waals surface area contributed by atoms with E-state index in [1.54, 1.807) is 51.9 Å². The molecule has 3 aromatic rings.